The van der Waals surface area contributed by atoms with Crippen molar-refractivity contribution in [2.75, 3.05) is 6.61 Å². The molecule has 0 amide bonds. The van der Waals surface area contributed by atoms with Crippen LogP contribution in [0, 0.1) is 0 Å². The molecule has 0 N–H and O–H groups in total. The molecular formula is C24H33NO. The van der Waals surface area contributed by atoms with Crippen LogP contribution in [0.2, 0.25) is 0 Å². The van der Waals surface area contributed by atoms with Crippen molar-refractivity contribution in [2.45, 2.75) is 65.2 Å². The van der Waals surface area contributed by atoms with Crippen LogP contribution in [0.3, 0.4) is 0 Å². The maximum atomic E-state index is 5.78. The molecule has 0 saturated heterocycles. The monoisotopic (exact) mass is 351 g/mol. The molecule has 0 aliphatic heterocycles. The van der Waals surface area contributed by atoms with Gasteiger partial charge in [0.2, 0.25) is 0 Å². The summed E-state index contributed by atoms with van der Waals surface area (Å²) in [6.45, 7) is 5.11. The second-order valence-corrected chi connectivity index (χ2v) is 6.83. The van der Waals surface area contributed by atoms with Gasteiger partial charge in [-0.2, -0.15) is 0 Å². The van der Waals surface area contributed by atoms with E-state index >= 15 is 0 Å². The fourth-order valence-corrected chi connectivity index (χ4v) is 2.93. The Bertz CT molecular complexity index is 646. The minimum atomic E-state index is 0.734. The van der Waals surface area contributed by atoms with E-state index in [1.54, 1.807) is 0 Å². The molecule has 0 bridgehead atoms. The molecule has 0 fully saturated rings. The van der Waals surface area contributed by atoms with Crippen LogP contribution in [0.25, 0.3) is 0 Å². The molecule has 0 atom stereocenters. The molecule has 0 aliphatic rings. The molecule has 0 saturated carbocycles. The third-order valence-electron chi connectivity index (χ3n) is 4.49. The lowest BCUT2D eigenvalue weighted by Crippen LogP contribution is -1.98. The van der Waals surface area contributed by atoms with Crippen LogP contribution in [0.1, 0.15) is 69.9 Å². The highest BCUT2D eigenvalue weighted by Crippen LogP contribution is 2.19. The Labute approximate surface area is 159 Å². The minimum absolute atomic E-state index is 0.734. The number of ether oxygens (including phenoxy) is 1. The van der Waals surface area contributed by atoms with Gasteiger partial charge >= 0.3 is 0 Å². The average Bonchev–Trinajstić information content (AvgIpc) is 2.69. The van der Waals surface area contributed by atoms with Crippen LogP contribution in [0.4, 0.5) is 5.69 Å². The predicted molar refractivity (Wildman–Crippen MR) is 113 cm³/mol. The Morgan fingerprint density at radius 2 is 1.54 bits per heavy atom. The standard InChI is InChI=1S/C24H33NO/c1-3-5-6-7-8-9-12-21-15-17-23(18-16-21)25-20-22-13-10-11-14-24(22)26-19-4-2/h10-11,13-18,20H,3-9,12,19H2,1-2H3. The Kier molecular flexibility index (Phi) is 9.56. The van der Waals surface area contributed by atoms with E-state index in [1.165, 1.54) is 50.5 Å². The zero-order chi connectivity index (χ0) is 18.5. The summed E-state index contributed by atoms with van der Waals surface area (Å²) in [5, 5.41) is 0. The Morgan fingerprint density at radius 3 is 2.31 bits per heavy atom. The van der Waals surface area contributed by atoms with Crippen LogP contribution in [-0.2, 0) is 6.42 Å². The Morgan fingerprint density at radius 1 is 0.808 bits per heavy atom. The molecular weight excluding hydrogens is 318 g/mol. The van der Waals surface area contributed by atoms with E-state index in [4.69, 9.17) is 4.74 Å². The summed E-state index contributed by atoms with van der Waals surface area (Å²) in [5.41, 5.74) is 3.42. The number of hydrogen-bond acceptors (Lipinski definition) is 2. The smallest absolute Gasteiger partial charge is 0.128 e. The highest BCUT2D eigenvalue weighted by atomic mass is 16.5. The van der Waals surface area contributed by atoms with Gasteiger partial charge in [0, 0.05) is 11.8 Å². The highest BCUT2D eigenvalue weighted by molar-refractivity contribution is 5.85. The van der Waals surface area contributed by atoms with Gasteiger partial charge < -0.3 is 4.74 Å². The quantitative estimate of drug-likeness (QED) is 0.294. The van der Waals surface area contributed by atoms with E-state index in [9.17, 15) is 0 Å². The fraction of sp³-hybridized carbons (Fsp3) is 0.458. The number of benzene rings is 2. The number of nitrogens with zero attached hydrogens (tertiary/aromatic N) is 1. The van der Waals surface area contributed by atoms with Crippen molar-refractivity contribution < 1.29 is 4.74 Å². The van der Waals surface area contributed by atoms with Crippen molar-refractivity contribution in [2.24, 2.45) is 4.99 Å². The van der Waals surface area contributed by atoms with Crippen molar-refractivity contribution in [3.05, 3.63) is 59.7 Å². The van der Waals surface area contributed by atoms with Gasteiger partial charge in [0.15, 0.2) is 0 Å². The molecule has 2 heteroatoms. The number of rotatable bonds is 12. The van der Waals surface area contributed by atoms with E-state index in [2.05, 4.69) is 43.1 Å². The first-order valence-corrected chi connectivity index (χ1v) is 10.2. The van der Waals surface area contributed by atoms with Crippen LogP contribution in [-0.4, -0.2) is 12.8 Å². The summed E-state index contributed by atoms with van der Waals surface area (Å²) in [6.07, 6.45) is 12.1. The fourth-order valence-electron chi connectivity index (χ4n) is 2.93. The largest absolute Gasteiger partial charge is 0.493 e. The molecule has 2 rings (SSSR count). The first-order chi connectivity index (χ1) is 12.8. The van der Waals surface area contributed by atoms with Crippen LogP contribution in [0.5, 0.6) is 5.75 Å². The summed E-state index contributed by atoms with van der Waals surface area (Å²) < 4.78 is 5.78. The van der Waals surface area contributed by atoms with Crippen molar-refractivity contribution in [1.82, 2.24) is 0 Å². The summed E-state index contributed by atoms with van der Waals surface area (Å²) >= 11 is 0. The molecule has 0 spiro atoms. The summed E-state index contributed by atoms with van der Waals surface area (Å²) in [4.78, 5) is 4.61. The summed E-state index contributed by atoms with van der Waals surface area (Å²) in [7, 11) is 0. The van der Waals surface area contributed by atoms with E-state index in [1.807, 2.05) is 30.5 Å². The molecule has 0 aliphatic carbocycles. The van der Waals surface area contributed by atoms with Crippen molar-refractivity contribution in [3.63, 3.8) is 0 Å². The lowest BCUT2D eigenvalue weighted by molar-refractivity contribution is 0.317. The zero-order valence-corrected chi connectivity index (χ0v) is 16.4. The van der Waals surface area contributed by atoms with Gasteiger partial charge in [-0.05, 0) is 49.1 Å². The van der Waals surface area contributed by atoms with E-state index in [0.717, 1.165) is 30.0 Å². The van der Waals surface area contributed by atoms with Gasteiger partial charge in [-0.15, -0.1) is 0 Å². The number of hydrogen-bond donors (Lipinski definition) is 0. The predicted octanol–water partition coefficient (Wildman–Crippen LogP) is 7.13. The van der Waals surface area contributed by atoms with Gasteiger partial charge in [-0.1, -0.05) is 70.2 Å². The summed E-state index contributed by atoms with van der Waals surface area (Å²) in [6, 6.07) is 16.7. The van der Waals surface area contributed by atoms with Gasteiger partial charge in [0.05, 0.1) is 12.3 Å². The third-order valence-corrected chi connectivity index (χ3v) is 4.49. The normalized spacial score (nSPS) is 11.2. The van der Waals surface area contributed by atoms with Crippen molar-refractivity contribution in [3.8, 4) is 5.75 Å². The molecule has 0 radical (unpaired) electrons. The lowest BCUT2D eigenvalue weighted by Gasteiger charge is -2.07. The third kappa shape index (κ3) is 7.43. The zero-order valence-electron chi connectivity index (χ0n) is 16.4. The van der Waals surface area contributed by atoms with Gasteiger partial charge in [-0.25, -0.2) is 0 Å². The molecule has 0 heterocycles. The van der Waals surface area contributed by atoms with Crippen LogP contribution in [0.15, 0.2) is 53.5 Å². The van der Waals surface area contributed by atoms with Crippen LogP contribution >= 0.6 is 0 Å². The molecule has 2 aromatic carbocycles. The molecule has 0 unspecified atom stereocenters. The number of aryl methyl sites for hydroxylation is 1. The molecule has 26 heavy (non-hydrogen) atoms. The Hall–Kier alpha value is -2.09. The first-order valence-electron chi connectivity index (χ1n) is 10.2. The van der Waals surface area contributed by atoms with Crippen molar-refractivity contribution >= 4 is 11.9 Å². The van der Waals surface area contributed by atoms with E-state index in [-0.39, 0.29) is 0 Å². The number of unbranched alkanes of at least 4 members (excludes halogenated alkanes) is 5. The highest BCUT2D eigenvalue weighted by Gasteiger charge is 2.00. The minimum Gasteiger partial charge on any atom is -0.493 e. The van der Waals surface area contributed by atoms with Gasteiger partial charge in [-0.3, -0.25) is 4.99 Å². The maximum Gasteiger partial charge on any atom is 0.128 e. The number of aliphatic imine (C=N–C) groups is 1. The van der Waals surface area contributed by atoms with Crippen LogP contribution < -0.4 is 4.74 Å². The Balaban J connectivity index is 1.84. The topological polar surface area (TPSA) is 21.6 Å². The van der Waals surface area contributed by atoms with Gasteiger partial charge in [0.25, 0.3) is 0 Å². The van der Waals surface area contributed by atoms with E-state index in [0.29, 0.717) is 0 Å². The second-order valence-electron chi connectivity index (χ2n) is 6.83. The SMILES string of the molecule is CCCCCCCCc1ccc(N=Cc2ccccc2OCCC)cc1. The first kappa shape index (κ1) is 20.2. The maximum absolute atomic E-state index is 5.78. The molecule has 2 aromatic rings. The second kappa shape index (κ2) is 12.3. The molecule has 140 valence electrons. The molecule has 2 nitrogen and oxygen atoms in total. The summed E-state index contributed by atoms with van der Waals surface area (Å²) in [5.74, 6) is 0.901. The van der Waals surface area contributed by atoms with Crippen molar-refractivity contribution in [1.29, 1.82) is 0 Å². The average molecular weight is 352 g/mol. The van der Waals surface area contributed by atoms with E-state index < -0.39 is 0 Å². The molecule has 0 aromatic heterocycles. The number of para-hydroxylation sites is 1. The van der Waals surface area contributed by atoms with Gasteiger partial charge in [0.1, 0.15) is 5.75 Å². The lowest BCUT2D eigenvalue weighted by atomic mass is 10.0.